The van der Waals surface area contributed by atoms with Gasteiger partial charge in [-0.1, -0.05) is 50.2 Å². The van der Waals surface area contributed by atoms with Crippen molar-refractivity contribution in [1.29, 1.82) is 5.26 Å². The molecule has 1 spiro atoms. The van der Waals surface area contributed by atoms with Crippen LogP contribution in [0.2, 0.25) is 0 Å². The highest BCUT2D eigenvalue weighted by Crippen LogP contribution is 2.46. The standard InChI is InChI=1S/C28H28N4O3S/c1-17(2)12-22(31(3)26(34)24-13-18-8-4-7-11-23(18)36-24)25(33)32-16-28(14-19(32)15-29)20-9-5-6-10-21(20)30-27(28)35/h4-11,13,17,19,22H,12,14,16H2,1-3H3,(H,30,35)/t19-,22-,28-/m0/s1. The molecule has 3 amide bonds. The highest BCUT2D eigenvalue weighted by Gasteiger charge is 2.56. The molecule has 1 N–H and O–H groups in total. The van der Waals surface area contributed by atoms with Gasteiger partial charge in [0.2, 0.25) is 11.8 Å². The van der Waals surface area contributed by atoms with E-state index in [-0.39, 0.29) is 36.6 Å². The summed E-state index contributed by atoms with van der Waals surface area (Å²) in [6, 6.07) is 17.9. The van der Waals surface area contributed by atoms with Crippen molar-refractivity contribution in [3.05, 3.63) is 65.0 Å². The van der Waals surface area contributed by atoms with Crippen LogP contribution in [0.1, 0.15) is 41.9 Å². The molecule has 0 unspecified atom stereocenters. The first kappa shape index (κ1) is 24.0. The number of carbonyl (C=O) groups excluding carboxylic acids is 3. The van der Waals surface area contributed by atoms with Crippen LogP contribution in [-0.4, -0.2) is 53.2 Å². The lowest BCUT2D eigenvalue weighted by molar-refractivity contribution is -0.136. The van der Waals surface area contributed by atoms with E-state index in [9.17, 15) is 19.6 Å². The first-order chi connectivity index (χ1) is 17.2. The summed E-state index contributed by atoms with van der Waals surface area (Å²) < 4.78 is 1.01. The first-order valence-corrected chi connectivity index (χ1v) is 12.9. The number of thiophene rings is 1. The normalized spacial score (nSPS) is 21.5. The molecule has 2 aliphatic heterocycles. The van der Waals surface area contributed by atoms with E-state index in [0.717, 1.165) is 21.3 Å². The van der Waals surface area contributed by atoms with Gasteiger partial charge in [-0.25, -0.2) is 0 Å². The summed E-state index contributed by atoms with van der Waals surface area (Å²) in [5.41, 5.74) is 0.591. The molecule has 1 saturated heterocycles. The number of hydrogen-bond donors (Lipinski definition) is 1. The minimum Gasteiger partial charge on any atom is -0.329 e. The summed E-state index contributed by atoms with van der Waals surface area (Å²) in [4.78, 5) is 44.2. The summed E-state index contributed by atoms with van der Waals surface area (Å²) in [6.07, 6.45) is 0.691. The third kappa shape index (κ3) is 3.84. The van der Waals surface area contributed by atoms with Crippen LogP contribution in [0.5, 0.6) is 0 Å². The van der Waals surface area contributed by atoms with E-state index in [2.05, 4.69) is 11.4 Å². The van der Waals surface area contributed by atoms with Gasteiger partial charge in [-0.2, -0.15) is 5.26 Å². The van der Waals surface area contributed by atoms with Crippen LogP contribution < -0.4 is 5.32 Å². The van der Waals surface area contributed by atoms with Gasteiger partial charge < -0.3 is 15.1 Å². The van der Waals surface area contributed by atoms with Gasteiger partial charge in [0.15, 0.2) is 0 Å². The number of likely N-dealkylation sites (tertiary alicyclic amines) is 1. The van der Waals surface area contributed by atoms with Crippen molar-refractivity contribution in [3.8, 4) is 6.07 Å². The zero-order valence-corrected chi connectivity index (χ0v) is 21.3. The number of hydrogen-bond acceptors (Lipinski definition) is 5. The fourth-order valence-electron chi connectivity index (χ4n) is 5.45. The van der Waals surface area contributed by atoms with Gasteiger partial charge in [0, 0.05) is 30.4 Å². The lowest BCUT2D eigenvalue weighted by Crippen LogP contribution is -2.51. The van der Waals surface area contributed by atoms with Crippen LogP contribution in [0.4, 0.5) is 5.69 Å². The van der Waals surface area contributed by atoms with E-state index in [1.54, 1.807) is 7.05 Å². The molecule has 0 aliphatic carbocycles. The highest BCUT2D eigenvalue weighted by atomic mass is 32.1. The fourth-order valence-corrected chi connectivity index (χ4v) is 6.50. The number of anilines is 1. The van der Waals surface area contributed by atoms with Crippen LogP contribution in [0.15, 0.2) is 54.6 Å². The Morgan fingerprint density at radius 3 is 2.67 bits per heavy atom. The Hall–Kier alpha value is -3.70. The Morgan fingerprint density at radius 1 is 1.22 bits per heavy atom. The number of likely N-dealkylation sites (N-methyl/N-ethyl adjacent to an activating group) is 1. The number of para-hydroxylation sites is 1. The van der Waals surface area contributed by atoms with Gasteiger partial charge in [-0.05, 0) is 41.5 Å². The molecule has 8 heteroatoms. The van der Waals surface area contributed by atoms with Crippen LogP contribution in [0.25, 0.3) is 10.1 Å². The van der Waals surface area contributed by atoms with Gasteiger partial charge >= 0.3 is 0 Å². The number of nitrogens with zero attached hydrogens (tertiary/aromatic N) is 3. The molecule has 1 aromatic heterocycles. The monoisotopic (exact) mass is 500 g/mol. The Bertz CT molecular complexity index is 1370. The third-order valence-electron chi connectivity index (χ3n) is 7.32. The predicted octanol–water partition coefficient (Wildman–Crippen LogP) is 4.40. The summed E-state index contributed by atoms with van der Waals surface area (Å²) >= 11 is 1.41. The van der Waals surface area contributed by atoms with Crippen molar-refractivity contribution in [2.45, 2.75) is 44.2 Å². The highest BCUT2D eigenvalue weighted by molar-refractivity contribution is 7.20. The van der Waals surface area contributed by atoms with E-state index < -0.39 is 17.5 Å². The minimum absolute atomic E-state index is 0.117. The number of nitrogens with one attached hydrogen (secondary N) is 1. The predicted molar refractivity (Wildman–Crippen MR) is 140 cm³/mol. The molecule has 3 heterocycles. The molecule has 5 rings (SSSR count). The third-order valence-corrected chi connectivity index (χ3v) is 8.42. The SMILES string of the molecule is CC(C)C[C@@H](C(=O)N1C[C@]2(C[C@H]1C#N)C(=O)Nc1ccccc12)N(C)C(=O)c1cc2ccccc2s1. The molecule has 0 radical (unpaired) electrons. The van der Waals surface area contributed by atoms with Crippen LogP contribution in [-0.2, 0) is 15.0 Å². The van der Waals surface area contributed by atoms with Gasteiger partial charge in [0.05, 0.1) is 16.4 Å². The molecular formula is C28H28N4O3S. The van der Waals surface area contributed by atoms with Gasteiger partial charge in [0.25, 0.3) is 5.91 Å². The average Bonchev–Trinajstić information content (AvgIpc) is 3.55. The lowest BCUT2D eigenvalue weighted by Gasteiger charge is -2.33. The van der Waals surface area contributed by atoms with Crippen LogP contribution in [0.3, 0.4) is 0 Å². The van der Waals surface area contributed by atoms with E-state index in [1.807, 2.05) is 68.4 Å². The average molecular weight is 501 g/mol. The molecule has 184 valence electrons. The first-order valence-electron chi connectivity index (χ1n) is 12.1. The molecule has 3 aromatic rings. The Morgan fingerprint density at radius 2 is 1.94 bits per heavy atom. The second-order valence-electron chi connectivity index (χ2n) is 10.1. The molecule has 0 saturated carbocycles. The van der Waals surface area contributed by atoms with Crippen molar-refractivity contribution in [3.63, 3.8) is 0 Å². The summed E-state index contributed by atoms with van der Waals surface area (Å²) in [7, 11) is 1.66. The van der Waals surface area contributed by atoms with Gasteiger partial charge in [0.1, 0.15) is 12.1 Å². The largest absolute Gasteiger partial charge is 0.329 e. The molecule has 0 bridgehead atoms. The number of rotatable bonds is 5. The van der Waals surface area contributed by atoms with E-state index >= 15 is 0 Å². The van der Waals surface area contributed by atoms with E-state index in [1.165, 1.54) is 21.1 Å². The number of benzene rings is 2. The summed E-state index contributed by atoms with van der Waals surface area (Å²) in [5, 5.41) is 13.9. The lowest BCUT2D eigenvalue weighted by atomic mass is 9.80. The van der Waals surface area contributed by atoms with E-state index in [0.29, 0.717) is 11.3 Å². The van der Waals surface area contributed by atoms with Crippen LogP contribution in [0, 0.1) is 17.2 Å². The maximum atomic E-state index is 14.0. The smallest absolute Gasteiger partial charge is 0.264 e. The minimum atomic E-state index is -0.955. The second kappa shape index (κ2) is 9.07. The molecule has 3 atom stereocenters. The Kier molecular flexibility index (Phi) is 6.05. The fraction of sp³-hybridized carbons (Fsp3) is 0.357. The van der Waals surface area contributed by atoms with Gasteiger partial charge in [-0.3, -0.25) is 14.4 Å². The molecular weight excluding hydrogens is 472 g/mol. The summed E-state index contributed by atoms with van der Waals surface area (Å²) in [5.74, 6) is -0.554. The molecule has 2 aliphatic rings. The zero-order chi connectivity index (χ0) is 25.6. The number of fused-ring (bicyclic) bond motifs is 3. The number of nitriles is 1. The van der Waals surface area contributed by atoms with Crippen molar-refractivity contribution >= 4 is 44.8 Å². The Balaban J connectivity index is 1.46. The molecule has 2 aromatic carbocycles. The number of amides is 3. The van der Waals surface area contributed by atoms with Gasteiger partial charge in [-0.15, -0.1) is 11.3 Å². The zero-order valence-electron chi connectivity index (χ0n) is 20.5. The van der Waals surface area contributed by atoms with Crippen molar-refractivity contribution in [1.82, 2.24) is 9.80 Å². The second-order valence-corrected chi connectivity index (χ2v) is 11.2. The quantitative estimate of drug-likeness (QED) is 0.562. The maximum absolute atomic E-state index is 14.0. The van der Waals surface area contributed by atoms with Crippen molar-refractivity contribution in [2.24, 2.45) is 5.92 Å². The van der Waals surface area contributed by atoms with Crippen molar-refractivity contribution < 1.29 is 14.4 Å². The summed E-state index contributed by atoms with van der Waals surface area (Å²) in [6.45, 7) is 4.13. The molecule has 36 heavy (non-hydrogen) atoms. The van der Waals surface area contributed by atoms with E-state index in [4.69, 9.17) is 0 Å². The topological polar surface area (TPSA) is 93.5 Å². The maximum Gasteiger partial charge on any atom is 0.264 e. The van der Waals surface area contributed by atoms with Crippen molar-refractivity contribution in [2.75, 3.05) is 18.9 Å². The Labute approximate surface area is 214 Å². The number of carbonyl (C=O) groups is 3. The van der Waals surface area contributed by atoms with Crippen LogP contribution >= 0.6 is 11.3 Å². The molecule has 7 nitrogen and oxygen atoms in total. The molecule has 1 fully saturated rings.